The first-order valence-electron chi connectivity index (χ1n) is 6.98. The lowest BCUT2D eigenvalue weighted by Crippen LogP contribution is -2.44. The molecule has 20 heavy (non-hydrogen) atoms. The predicted octanol–water partition coefficient (Wildman–Crippen LogP) is 0.823. The van der Waals surface area contributed by atoms with Crippen LogP contribution in [0.4, 0.5) is 0 Å². The zero-order chi connectivity index (χ0) is 14.2. The van der Waals surface area contributed by atoms with Crippen LogP contribution in [0.5, 0.6) is 0 Å². The summed E-state index contributed by atoms with van der Waals surface area (Å²) in [5, 5.41) is 3.31. The highest BCUT2D eigenvalue weighted by molar-refractivity contribution is 5.76. The van der Waals surface area contributed by atoms with Gasteiger partial charge in [0.2, 0.25) is 0 Å². The molecule has 1 aromatic carbocycles. The molecular weight excluding hydrogens is 256 g/mol. The number of carbonyl (C=O) groups excluding carboxylic acids is 1. The van der Waals surface area contributed by atoms with E-state index in [1.807, 2.05) is 30.3 Å². The molecule has 0 bridgehead atoms. The Hall–Kier alpha value is -1.43. The minimum Gasteiger partial charge on any atom is -0.467 e. The van der Waals surface area contributed by atoms with Crippen molar-refractivity contribution in [3.63, 3.8) is 0 Å². The van der Waals surface area contributed by atoms with E-state index in [0.717, 1.165) is 38.3 Å². The number of esters is 1. The second-order valence-corrected chi connectivity index (χ2v) is 4.78. The van der Waals surface area contributed by atoms with Crippen LogP contribution in [0.15, 0.2) is 30.3 Å². The fourth-order valence-corrected chi connectivity index (χ4v) is 2.27. The second-order valence-electron chi connectivity index (χ2n) is 4.78. The molecule has 1 N–H and O–H groups in total. The fourth-order valence-electron chi connectivity index (χ4n) is 2.27. The van der Waals surface area contributed by atoms with E-state index in [1.165, 1.54) is 7.11 Å². The quantitative estimate of drug-likeness (QED) is 0.781. The maximum atomic E-state index is 11.8. The van der Waals surface area contributed by atoms with Gasteiger partial charge in [0.1, 0.15) is 0 Å². The molecule has 1 saturated heterocycles. The Morgan fingerprint density at radius 3 is 2.65 bits per heavy atom. The van der Waals surface area contributed by atoms with Crippen LogP contribution < -0.4 is 5.32 Å². The minimum atomic E-state index is -0.635. The molecule has 5 nitrogen and oxygen atoms in total. The van der Waals surface area contributed by atoms with Crippen molar-refractivity contribution in [3.8, 4) is 0 Å². The summed E-state index contributed by atoms with van der Waals surface area (Å²) in [4.78, 5) is 14.2. The number of carbonyl (C=O) groups is 1. The number of ether oxygens (including phenoxy) is 2. The lowest BCUT2D eigenvalue weighted by molar-refractivity contribution is -0.155. The molecule has 1 aromatic rings. The highest BCUT2D eigenvalue weighted by Crippen LogP contribution is 2.18. The van der Waals surface area contributed by atoms with Crippen molar-refractivity contribution >= 4 is 5.97 Å². The van der Waals surface area contributed by atoms with Gasteiger partial charge in [0, 0.05) is 32.7 Å². The average Bonchev–Trinajstić information content (AvgIpc) is 2.53. The Balaban J connectivity index is 1.86. The van der Waals surface area contributed by atoms with Crippen LogP contribution in [0, 0.1) is 0 Å². The first-order valence-corrected chi connectivity index (χ1v) is 6.98. The van der Waals surface area contributed by atoms with Gasteiger partial charge in [-0.1, -0.05) is 30.3 Å². The number of nitrogens with one attached hydrogen (secondary N) is 1. The molecule has 1 fully saturated rings. The summed E-state index contributed by atoms with van der Waals surface area (Å²) in [6.07, 6.45) is -0.635. The summed E-state index contributed by atoms with van der Waals surface area (Å²) in [6, 6.07) is 9.47. The van der Waals surface area contributed by atoms with Crippen LogP contribution in [0.1, 0.15) is 11.7 Å². The summed E-state index contributed by atoms with van der Waals surface area (Å²) in [5.41, 5.74) is 0.833. The van der Waals surface area contributed by atoms with Crippen LogP contribution >= 0.6 is 0 Å². The van der Waals surface area contributed by atoms with Crippen LogP contribution in [-0.2, 0) is 14.3 Å². The van der Waals surface area contributed by atoms with E-state index in [-0.39, 0.29) is 5.97 Å². The molecule has 110 valence electrons. The van der Waals surface area contributed by atoms with E-state index in [2.05, 4.69) is 10.2 Å². The maximum absolute atomic E-state index is 11.8. The summed E-state index contributed by atoms with van der Waals surface area (Å²) in [5.74, 6) is -0.350. The van der Waals surface area contributed by atoms with Gasteiger partial charge in [-0.3, -0.25) is 4.90 Å². The third-order valence-electron chi connectivity index (χ3n) is 3.42. The Kier molecular flexibility index (Phi) is 5.98. The van der Waals surface area contributed by atoms with Crippen molar-refractivity contribution in [1.29, 1.82) is 0 Å². The molecule has 0 aliphatic carbocycles. The molecule has 2 rings (SSSR count). The van der Waals surface area contributed by atoms with Crippen molar-refractivity contribution in [2.75, 3.05) is 46.4 Å². The van der Waals surface area contributed by atoms with Gasteiger partial charge < -0.3 is 14.8 Å². The zero-order valence-corrected chi connectivity index (χ0v) is 11.9. The van der Waals surface area contributed by atoms with Crippen LogP contribution in [0.3, 0.4) is 0 Å². The molecule has 1 aliphatic heterocycles. The van der Waals surface area contributed by atoms with E-state index in [0.29, 0.717) is 6.61 Å². The third kappa shape index (κ3) is 4.30. The number of hydrogen-bond donors (Lipinski definition) is 1. The van der Waals surface area contributed by atoms with Gasteiger partial charge in [-0.15, -0.1) is 0 Å². The van der Waals surface area contributed by atoms with Gasteiger partial charge in [-0.05, 0) is 5.56 Å². The number of methoxy groups -OCH3 is 1. The maximum Gasteiger partial charge on any atom is 0.339 e. The number of nitrogens with zero attached hydrogens (tertiary/aromatic N) is 1. The van der Waals surface area contributed by atoms with Gasteiger partial charge in [0.15, 0.2) is 6.10 Å². The van der Waals surface area contributed by atoms with Gasteiger partial charge in [-0.2, -0.15) is 0 Å². The zero-order valence-electron chi connectivity index (χ0n) is 11.9. The summed E-state index contributed by atoms with van der Waals surface area (Å²) < 4.78 is 10.6. The number of benzene rings is 1. The molecule has 0 aromatic heterocycles. The van der Waals surface area contributed by atoms with Gasteiger partial charge in [0.25, 0.3) is 0 Å². The first kappa shape index (κ1) is 15.0. The summed E-state index contributed by atoms with van der Waals surface area (Å²) >= 11 is 0. The SMILES string of the molecule is COC(=O)C(OCCN1CCNCC1)c1ccccc1. The fraction of sp³-hybridized carbons (Fsp3) is 0.533. The summed E-state index contributed by atoms with van der Waals surface area (Å²) in [6.45, 7) is 5.43. The highest BCUT2D eigenvalue weighted by atomic mass is 16.6. The molecule has 0 amide bonds. The lowest BCUT2D eigenvalue weighted by Gasteiger charge is -2.27. The number of hydrogen-bond acceptors (Lipinski definition) is 5. The largest absolute Gasteiger partial charge is 0.467 e. The second kappa shape index (κ2) is 7.99. The van der Waals surface area contributed by atoms with Crippen molar-refractivity contribution < 1.29 is 14.3 Å². The Morgan fingerprint density at radius 1 is 1.30 bits per heavy atom. The topological polar surface area (TPSA) is 50.8 Å². The average molecular weight is 278 g/mol. The molecule has 1 aliphatic rings. The predicted molar refractivity (Wildman–Crippen MR) is 76.5 cm³/mol. The molecule has 1 atom stereocenters. The van der Waals surface area contributed by atoms with Gasteiger partial charge in [-0.25, -0.2) is 4.79 Å². The first-order chi connectivity index (χ1) is 9.81. The van der Waals surface area contributed by atoms with Crippen molar-refractivity contribution in [2.24, 2.45) is 0 Å². The third-order valence-corrected chi connectivity index (χ3v) is 3.42. The molecule has 0 saturated carbocycles. The van der Waals surface area contributed by atoms with Crippen molar-refractivity contribution in [3.05, 3.63) is 35.9 Å². The van der Waals surface area contributed by atoms with E-state index < -0.39 is 6.10 Å². The molecule has 0 radical (unpaired) electrons. The summed E-state index contributed by atoms with van der Waals surface area (Å²) in [7, 11) is 1.39. The minimum absolute atomic E-state index is 0.350. The van der Waals surface area contributed by atoms with Gasteiger partial charge >= 0.3 is 5.97 Å². The van der Waals surface area contributed by atoms with Gasteiger partial charge in [0.05, 0.1) is 13.7 Å². The monoisotopic (exact) mass is 278 g/mol. The van der Waals surface area contributed by atoms with E-state index in [1.54, 1.807) is 0 Å². The van der Waals surface area contributed by atoms with Crippen molar-refractivity contribution in [2.45, 2.75) is 6.10 Å². The normalized spacial score (nSPS) is 17.6. The van der Waals surface area contributed by atoms with E-state index in [4.69, 9.17) is 9.47 Å². The molecule has 1 heterocycles. The van der Waals surface area contributed by atoms with Crippen LogP contribution in [0.25, 0.3) is 0 Å². The van der Waals surface area contributed by atoms with Crippen molar-refractivity contribution in [1.82, 2.24) is 10.2 Å². The van der Waals surface area contributed by atoms with Crippen LogP contribution in [-0.4, -0.2) is 57.3 Å². The molecule has 1 unspecified atom stereocenters. The van der Waals surface area contributed by atoms with E-state index >= 15 is 0 Å². The number of rotatable bonds is 6. The van der Waals surface area contributed by atoms with E-state index in [9.17, 15) is 4.79 Å². The Bertz CT molecular complexity index is 405. The Morgan fingerprint density at radius 2 is 2.00 bits per heavy atom. The highest BCUT2D eigenvalue weighted by Gasteiger charge is 2.22. The molecular formula is C15H22N2O3. The van der Waals surface area contributed by atoms with Crippen LogP contribution in [0.2, 0.25) is 0 Å². The number of piperazine rings is 1. The smallest absolute Gasteiger partial charge is 0.339 e. The lowest BCUT2D eigenvalue weighted by atomic mass is 10.1. The molecule has 5 heteroatoms. The Labute approximate surface area is 119 Å². The standard InChI is InChI=1S/C15H22N2O3/c1-19-15(18)14(13-5-3-2-4-6-13)20-12-11-17-9-7-16-8-10-17/h2-6,14,16H,7-12H2,1H3. The molecule has 0 spiro atoms.